The van der Waals surface area contributed by atoms with Crippen LogP contribution in [0, 0.1) is 6.92 Å². The van der Waals surface area contributed by atoms with E-state index in [9.17, 15) is 13.2 Å². The Balaban J connectivity index is 1.71. The summed E-state index contributed by atoms with van der Waals surface area (Å²) in [6.45, 7) is 2.72. The lowest BCUT2D eigenvalue weighted by molar-refractivity contribution is -0.120. The van der Waals surface area contributed by atoms with Crippen LogP contribution >= 0.6 is 0 Å². The first-order chi connectivity index (χ1) is 11.8. The molecule has 0 heterocycles. The van der Waals surface area contributed by atoms with Crippen LogP contribution < -0.4 is 14.8 Å². The summed E-state index contributed by atoms with van der Waals surface area (Å²) in [6, 6.07) is 14.4. The van der Waals surface area contributed by atoms with Gasteiger partial charge in [-0.25, -0.2) is 8.42 Å². The van der Waals surface area contributed by atoms with Gasteiger partial charge in [0.2, 0.25) is 15.9 Å². The lowest BCUT2D eigenvalue weighted by atomic mass is 10.1. The van der Waals surface area contributed by atoms with Gasteiger partial charge in [-0.2, -0.15) is 0 Å². The second-order valence-corrected chi connectivity index (χ2v) is 7.51. The van der Waals surface area contributed by atoms with Crippen LogP contribution in [0.2, 0.25) is 0 Å². The van der Waals surface area contributed by atoms with E-state index in [1.54, 1.807) is 24.3 Å². The maximum atomic E-state index is 11.9. The number of hydrogen-bond donors (Lipinski definition) is 2. The van der Waals surface area contributed by atoms with Crippen molar-refractivity contribution in [2.45, 2.75) is 13.3 Å². The van der Waals surface area contributed by atoms with Crippen LogP contribution in [0.3, 0.4) is 0 Å². The predicted octanol–water partition coefficient (Wildman–Crippen LogP) is 2.10. The maximum absolute atomic E-state index is 11.9. The van der Waals surface area contributed by atoms with Crippen molar-refractivity contribution in [1.82, 2.24) is 5.32 Å². The summed E-state index contributed by atoms with van der Waals surface area (Å²) in [5.74, 6) is 0.550. The third-order valence-electron chi connectivity index (χ3n) is 3.30. The highest BCUT2D eigenvalue weighted by atomic mass is 32.2. The number of carbonyl (C=O) groups excluding carboxylic acids is 1. The molecule has 134 valence electrons. The lowest BCUT2D eigenvalue weighted by Crippen LogP contribution is -2.29. The van der Waals surface area contributed by atoms with E-state index in [-0.39, 0.29) is 5.91 Å². The highest BCUT2D eigenvalue weighted by Crippen LogP contribution is 2.16. The molecule has 0 aliphatic heterocycles. The minimum atomic E-state index is -3.29. The molecule has 0 atom stereocenters. The smallest absolute Gasteiger partial charge is 0.229 e. The molecule has 0 unspecified atom stereocenters. The Bertz CT molecular complexity index is 817. The average molecular weight is 362 g/mol. The summed E-state index contributed by atoms with van der Waals surface area (Å²) in [6.07, 6.45) is 1.43. The number of ether oxygens (including phenoxy) is 1. The zero-order valence-electron chi connectivity index (χ0n) is 14.3. The number of rotatable bonds is 8. The first-order valence-electron chi connectivity index (χ1n) is 7.85. The quantitative estimate of drug-likeness (QED) is 0.705. The average Bonchev–Trinajstić information content (AvgIpc) is 2.52. The second-order valence-electron chi connectivity index (χ2n) is 5.76. The van der Waals surface area contributed by atoms with Crippen molar-refractivity contribution >= 4 is 21.6 Å². The molecule has 6 nitrogen and oxygen atoms in total. The van der Waals surface area contributed by atoms with Gasteiger partial charge in [0.15, 0.2) is 0 Å². The highest BCUT2D eigenvalue weighted by molar-refractivity contribution is 7.92. The lowest BCUT2D eigenvalue weighted by Gasteiger charge is -2.09. The van der Waals surface area contributed by atoms with Gasteiger partial charge in [-0.3, -0.25) is 9.52 Å². The summed E-state index contributed by atoms with van der Waals surface area (Å²) in [5.41, 5.74) is 2.58. The van der Waals surface area contributed by atoms with Gasteiger partial charge >= 0.3 is 0 Å². The van der Waals surface area contributed by atoms with E-state index in [2.05, 4.69) is 10.0 Å². The van der Waals surface area contributed by atoms with Crippen molar-refractivity contribution in [2.24, 2.45) is 0 Å². The van der Waals surface area contributed by atoms with Crippen LogP contribution in [0.25, 0.3) is 0 Å². The molecule has 7 heteroatoms. The zero-order valence-corrected chi connectivity index (χ0v) is 15.1. The molecule has 25 heavy (non-hydrogen) atoms. The largest absolute Gasteiger partial charge is 0.492 e. The highest BCUT2D eigenvalue weighted by Gasteiger charge is 2.04. The number of amides is 1. The maximum Gasteiger partial charge on any atom is 0.229 e. The van der Waals surface area contributed by atoms with Crippen molar-refractivity contribution < 1.29 is 17.9 Å². The molecule has 0 saturated carbocycles. The summed E-state index contributed by atoms with van der Waals surface area (Å²) in [4.78, 5) is 11.9. The molecule has 2 aromatic rings. The van der Waals surface area contributed by atoms with Gasteiger partial charge in [0.05, 0.1) is 19.2 Å². The number of sulfonamides is 1. The Labute approximate surface area is 148 Å². The third-order valence-corrected chi connectivity index (χ3v) is 3.90. The predicted molar refractivity (Wildman–Crippen MR) is 98.3 cm³/mol. The van der Waals surface area contributed by atoms with Crippen LogP contribution in [-0.4, -0.2) is 33.7 Å². The van der Waals surface area contributed by atoms with E-state index in [4.69, 9.17) is 4.74 Å². The van der Waals surface area contributed by atoms with E-state index >= 15 is 0 Å². The Morgan fingerprint density at radius 1 is 1.12 bits per heavy atom. The molecular weight excluding hydrogens is 340 g/mol. The second kappa shape index (κ2) is 8.53. The van der Waals surface area contributed by atoms with Gasteiger partial charge < -0.3 is 10.1 Å². The topological polar surface area (TPSA) is 84.5 Å². The Kier molecular flexibility index (Phi) is 6.41. The summed E-state index contributed by atoms with van der Waals surface area (Å²) in [7, 11) is -3.29. The molecule has 0 aliphatic carbocycles. The van der Waals surface area contributed by atoms with Crippen molar-refractivity contribution in [1.29, 1.82) is 0 Å². The molecule has 2 N–H and O–H groups in total. The van der Waals surface area contributed by atoms with E-state index in [1.165, 1.54) is 0 Å². The number of hydrogen-bond acceptors (Lipinski definition) is 4. The van der Waals surface area contributed by atoms with Gasteiger partial charge in [-0.15, -0.1) is 0 Å². The van der Waals surface area contributed by atoms with E-state index in [0.717, 1.165) is 17.4 Å². The summed E-state index contributed by atoms with van der Waals surface area (Å²) in [5, 5.41) is 2.81. The normalized spacial score (nSPS) is 11.0. The number of aryl methyl sites for hydroxylation is 1. The van der Waals surface area contributed by atoms with E-state index in [0.29, 0.717) is 31.0 Å². The van der Waals surface area contributed by atoms with Crippen molar-refractivity contribution in [3.63, 3.8) is 0 Å². The summed E-state index contributed by atoms with van der Waals surface area (Å²) < 4.78 is 30.2. The fourth-order valence-electron chi connectivity index (χ4n) is 2.26. The standard InChI is InChI=1S/C18H22N2O4S/c1-14-4-3-5-15(12-14)13-18(21)19-10-11-24-17-8-6-16(7-9-17)20-25(2,22)23/h3-9,12,20H,10-11,13H2,1-2H3,(H,19,21). The molecule has 0 radical (unpaired) electrons. The monoisotopic (exact) mass is 362 g/mol. The molecule has 2 aromatic carbocycles. The molecule has 0 fully saturated rings. The van der Waals surface area contributed by atoms with Crippen LogP contribution in [0.15, 0.2) is 48.5 Å². The molecule has 0 bridgehead atoms. The fourth-order valence-corrected chi connectivity index (χ4v) is 2.83. The summed E-state index contributed by atoms with van der Waals surface area (Å²) >= 11 is 0. The van der Waals surface area contributed by atoms with Gasteiger partial charge in [0.25, 0.3) is 0 Å². The van der Waals surface area contributed by atoms with E-state index in [1.807, 2.05) is 31.2 Å². The Morgan fingerprint density at radius 2 is 1.84 bits per heavy atom. The van der Waals surface area contributed by atoms with Gasteiger partial charge in [-0.1, -0.05) is 29.8 Å². The van der Waals surface area contributed by atoms with Crippen LogP contribution in [0.5, 0.6) is 5.75 Å². The van der Waals surface area contributed by atoms with Crippen molar-refractivity contribution in [3.05, 3.63) is 59.7 Å². The van der Waals surface area contributed by atoms with Crippen LogP contribution in [0.1, 0.15) is 11.1 Å². The SMILES string of the molecule is Cc1cccc(CC(=O)NCCOc2ccc(NS(C)(=O)=O)cc2)c1. The first-order valence-corrected chi connectivity index (χ1v) is 9.74. The van der Waals surface area contributed by atoms with Gasteiger partial charge in [-0.05, 0) is 36.8 Å². The third kappa shape index (κ3) is 7.26. The molecule has 0 aliphatic rings. The molecule has 1 amide bonds. The number of nitrogens with one attached hydrogen (secondary N) is 2. The molecule has 0 spiro atoms. The molecule has 2 rings (SSSR count). The molecule has 0 saturated heterocycles. The Morgan fingerprint density at radius 3 is 2.48 bits per heavy atom. The molecular formula is C18H22N2O4S. The number of carbonyl (C=O) groups is 1. The van der Waals surface area contributed by atoms with Crippen LogP contribution in [0.4, 0.5) is 5.69 Å². The van der Waals surface area contributed by atoms with Crippen molar-refractivity contribution in [3.8, 4) is 5.75 Å². The first kappa shape index (κ1) is 18.8. The van der Waals surface area contributed by atoms with Gasteiger partial charge in [0, 0.05) is 5.69 Å². The molecule has 0 aromatic heterocycles. The van der Waals surface area contributed by atoms with Crippen molar-refractivity contribution in [2.75, 3.05) is 24.1 Å². The minimum absolute atomic E-state index is 0.0538. The van der Waals surface area contributed by atoms with Crippen LogP contribution in [-0.2, 0) is 21.2 Å². The number of benzene rings is 2. The number of anilines is 1. The zero-order chi connectivity index (χ0) is 18.3. The minimum Gasteiger partial charge on any atom is -0.492 e. The fraction of sp³-hybridized carbons (Fsp3) is 0.278. The Hall–Kier alpha value is -2.54. The van der Waals surface area contributed by atoms with E-state index < -0.39 is 10.0 Å². The van der Waals surface area contributed by atoms with Gasteiger partial charge in [0.1, 0.15) is 12.4 Å².